The number of methoxy groups -OCH3 is 3. The molecule has 124 valence electrons. The summed E-state index contributed by atoms with van der Waals surface area (Å²) in [6.45, 7) is 0. The van der Waals surface area contributed by atoms with Crippen LogP contribution < -0.4 is 19.5 Å². The first-order valence-electron chi connectivity index (χ1n) is 7.20. The molecule has 0 unspecified atom stereocenters. The average Bonchev–Trinajstić information content (AvgIpc) is 3.09. The molecule has 3 rings (SSSR count). The van der Waals surface area contributed by atoms with Crippen molar-refractivity contribution in [1.82, 2.24) is 9.97 Å². The number of imidazole rings is 1. The first-order valence-corrected chi connectivity index (χ1v) is 7.20. The van der Waals surface area contributed by atoms with E-state index in [-0.39, 0.29) is 5.91 Å². The Morgan fingerprint density at radius 1 is 1.04 bits per heavy atom. The van der Waals surface area contributed by atoms with Gasteiger partial charge in [-0.05, 0) is 18.2 Å². The fourth-order valence-electron chi connectivity index (χ4n) is 2.39. The maximum Gasteiger partial charge on any atom is 0.255 e. The Labute approximate surface area is 138 Å². The van der Waals surface area contributed by atoms with Gasteiger partial charge in [0.1, 0.15) is 22.9 Å². The van der Waals surface area contributed by atoms with Crippen LogP contribution in [-0.4, -0.2) is 37.2 Å². The number of hydrogen-bond acceptors (Lipinski definition) is 5. The van der Waals surface area contributed by atoms with E-state index in [2.05, 4.69) is 15.3 Å². The maximum absolute atomic E-state index is 12.6. The molecule has 24 heavy (non-hydrogen) atoms. The lowest BCUT2D eigenvalue weighted by Crippen LogP contribution is -2.13. The monoisotopic (exact) mass is 327 g/mol. The number of H-pyrrole nitrogens is 1. The van der Waals surface area contributed by atoms with Crippen LogP contribution in [0.5, 0.6) is 17.2 Å². The van der Waals surface area contributed by atoms with Crippen molar-refractivity contribution in [2.24, 2.45) is 0 Å². The molecule has 0 saturated carbocycles. The number of fused-ring (bicyclic) bond motifs is 1. The summed E-state index contributed by atoms with van der Waals surface area (Å²) in [6.07, 6.45) is 1.59. The number of carbonyl (C=O) groups is 1. The van der Waals surface area contributed by atoms with Crippen LogP contribution in [0.25, 0.3) is 11.0 Å². The molecule has 3 aromatic rings. The Morgan fingerprint density at radius 3 is 2.38 bits per heavy atom. The van der Waals surface area contributed by atoms with E-state index in [1.807, 2.05) is 0 Å². The van der Waals surface area contributed by atoms with E-state index in [1.165, 1.54) is 14.2 Å². The Balaban J connectivity index is 1.95. The smallest absolute Gasteiger partial charge is 0.255 e. The fourth-order valence-corrected chi connectivity index (χ4v) is 2.39. The van der Waals surface area contributed by atoms with Crippen molar-refractivity contribution in [2.45, 2.75) is 0 Å². The molecule has 1 aromatic heterocycles. The number of nitrogens with one attached hydrogen (secondary N) is 2. The highest BCUT2D eigenvalue weighted by Gasteiger charge is 2.17. The number of aromatic nitrogens is 2. The van der Waals surface area contributed by atoms with Gasteiger partial charge >= 0.3 is 0 Å². The lowest BCUT2D eigenvalue weighted by atomic mass is 10.1. The van der Waals surface area contributed by atoms with E-state index >= 15 is 0 Å². The van der Waals surface area contributed by atoms with Crippen molar-refractivity contribution in [2.75, 3.05) is 26.6 Å². The van der Waals surface area contributed by atoms with Crippen LogP contribution in [0.1, 0.15) is 10.4 Å². The minimum atomic E-state index is -0.284. The third kappa shape index (κ3) is 2.83. The predicted molar refractivity (Wildman–Crippen MR) is 90.1 cm³/mol. The summed E-state index contributed by atoms with van der Waals surface area (Å²) in [5, 5.41) is 2.83. The molecule has 7 nitrogen and oxygen atoms in total. The number of amides is 1. The van der Waals surface area contributed by atoms with Gasteiger partial charge in [0.05, 0.1) is 38.7 Å². The second kappa shape index (κ2) is 6.49. The summed E-state index contributed by atoms with van der Waals surface area (Å²) in [6, 6.07) is 8.58. The standard InChI is InChI=1S/C17H17N3O4/c1-22-11-7-14(23-2)16(15(8-11)24-3)20-17(21)10-4-5-12-13(6-10)19-9-18-12/h4-9H,1-3H3,(H,18,19)(H,20,21). The first kappa shape index (κ1) is 15.7. The number of nitrogens with zero attached hydrogens (tertiary/aromatic N) is 1. The number of anilines is 1. The molecular weight excluding hydrogens is 310 g/mol. The van der Waals surface area contributed by atoms with Crippen molar-refractivity contribution < 1.29 is 19.0 Å². The molecular formula is C17H17N3O4. The molecule has 0 aliphatic rings. The third-order valence-electron chi connectivity index (χ3n) is 3.64. The number of rotatable bonds is 5. The summed E-state index contributed by atoms with van der Waals surface area (Å²) < 4.78 is 15.9. The van der Waals surface area contributed by atoms with Crippen molar-refractivity contribution in [3.05, 3.63) is 42.2 Å². The van der Waals surface area contributed by atoms with E-state index in [0.29, 0.717) is 28.5 Å². The summed E-state index contributed by atoms with van der Waals surface area (Å²) in [5.41, 5.74) is 2.52. The van der Waals surface area contributed by atoms with Crippen molar-refractivity contribution >= 4 is 22.6 Å². The molecule has 0 radical (unpaired) electrons. The van der Waals surface area contributed by atoms with Gasteiger partial charge < -0.3 is 24.5 Å². The minimum Gasteiger partial charge on any atom is -0.496 e. The molecule has 0 aliphatic carbocycles. The first-order chi connectivity index (χ1) is 11.7. The highest BCUT2D eigenvalue weighted by atomic mass is 16.5. The van der Waals surface area contributed by atoms with Gasteiger partial charge in [0.25, 0.3) is 5.91 Å². The van der Waals surface area contributed by atoms with Crippen LogP contribution in [-0.2, 0) is 0 Å². The summed E-state index contributed by atoms with van der Waals surface area (Å²) >= 11 is 0. The van der Waals surface area contributed by atoms with Crippen LogP contribution in [0.15, 0.2) is 36.7 Å². The highest BCUT2D eigenvalue weighted by molar-refractivity contribution is 6.07. The quantitative estimate of drug-likeness (QED) is 0.752. The summed E-state index contributed by atoms with van der Waals surface area (Å²) in [4.78, 5) is 19.7. The fraction of sp³-hybridized carbons (Fsp3) is 0.176. The van der Waals surface area contributed by atoms with Gasteiger partial charge in [-0.2, -0.15) is 0 Å². The van der Waals surface area contributed by atoms with Crippen LogP contribution in [0, 0.1) is 0 Å². The van der Waals surface area contributed by atoms with Crippen molar-refractivity contribution in [3.63, 3.8) is 0 Å². The van der Waals surface area contributed by atoms with E-state index in [0.717, 1.165) is 11.0 Å². The molecule has 1 amide bonds. The van der Waals surface area contributed by atoms with Gasteiger partial charge in [0, 0.05) is 17.7 Å². The second-order valence-electron chi connectivity index (χ2n) is 5.00. The SMILES string of the molecule is COc1cc(OC)c(NC(=O)c2ccc3nc[nH]c3c2)c(OC)c1. The molecule has 1 heterocycles. The molecule has 0 saturated heterocycles. The molecule has 2 aromatic carbocycles. The minimum absolute atomic E-state index is 0.284. The highest BCUT2D eigenvalue weighted by Crippen LogP contribution is 2.39. The van der Waals surface area contributed by atoms with Crippen LogP contribution in [0.4, 0.5) is 5.69 Å². The lowest BCUT2D eigenvalue weighted by Gasteiger charge is -2.15. The zero-order valence-corrected chi connectivity index (χ0v) is 13.5. The summed E-state index contributed by atoms with van der Waals surface area (Å²) in [5.74, 6) is 1.18. The van der Waals surface area contributed by atoms with Crippen LogP contribution in [0.3, 0.4) is 0 Å². The number of carbonyl (C=O) groups excluding carboxylic acids is 1. The molecule has 0 fully saturated rings. The normalized spacial score (nSPS) is 10.5. The summed E-state index contributed by atoms with van der Waals surface area (Å²) in [7, 11) is 4.58. The van der Waals surface area contributed by atoms with Gasteiger partial charge in [0.2, 0.25) is 0 Å². The zero-order chi connectivity index (χ0) is 17.1. The molecule has 0 aliphatic heterocycles. The van der Waals surface area contributed by atoms with Crippen molar-refractivity contribution in [1.29, 1.82) is 0 Å². The van der Waals surface area contributed by atoms with Gasteiger partial charge in [0.15, 0.2) is 0 Å². The molecule has 0 bridgehead atoms. The molecule has 0 spiro atoms. The third-order valence-corrected chi connectivity index (χ3v) is 3.64. The topological polar surface area (TPSA) is 85.5 Å². The number of benzene rings is 2. The lowest BCUT2D eigenvalue weighted by molar-refractivity contribution is 0.102. The van der Waals surface area contributed by atoms with E-state index in [1.54, 1.807) is 43.8 Å². The Bertz CT molecular complexity index is 863. The number of ether oxygens (including phenoxy) is 3. The van der Waals surface area contributed by atoms with Gasteiger partial charge in [-0.1, -0.05) is 0 Å². The number of hydrogen-bond donors (Lipinski definition) is 2. The van der Waals surface area contributed by atoms with Gasteiger partial charge in [-0.25, -0.2) is 4.98 Å². The van der Waals surface area contributed by atoms with Gasteiger partial charge in [-0.15, -0.1) is 0 Å². The molecule has 2 N–H and O–H groups in total. The Morgan fingerprint density at radius 2 is 1.75 bits per heavy atom. The Kier molecular flexibility index (Phi) is 4.24. The molecule has 0 atom stereocenters. The van der Waals surface area contributed by atoms with Crippen molar-refractivity contribution in [3.8, 4) is 17.2 Å². The van der Waals surface area contributed by atoms with E-state index in [4.69, 9.17) is 14.2 Å². The average molecular weight is 327 g/mol. The Hall–Kier alpha value is -3.22. The van der Waals surface area contributed by atoms with E-state index < -0.39 is 0 Å². The largest absolute Gasteiger partial charge is 0.496 e. The second-order valence-corrected chi connectivity index (χ2v) is 5.00. The number of aromatic amines is 1. The van der Waals surface area contributed by atoms with Crippen LogP contribution >= 0.6 is 0 Å². The maximum atomic E-state index is 12.6. The van der Waals surface area contributed by atoms with Crippen LogP contribution in [0.2, 0.25) is 0 Å². The zero-order valence-electron chi connectivity index (χ0n) is 13.5. The predicted octanol–water partition coefficient (Wildman–Crippen LogP) is 2.84. The molecule has 7 heteroatoms. The van der Waals surface area contributed by atoms with E-state index in [9.17, 15) is 4.79 Å². The van der Waals surface area contributed by atoms with Gasteiger partial charge in [-0.3, -0.25) is 4.79 Å².